The van der Waals surface area contributed by atoms with Crippen molar-refractivity contribution in [3.63, 3.8) is 0 Å². The monoisotopic (exact) mass is 457 g/mol. The van der Waals surface area contributed by atoms with Crippen molar-refractivity contribution in [2.24, 2.45) is 7.05 Å². The molecule has 9 heteroatoms. The van der Waals surface area contributed by atoms with Gasteiger partial charge in [-0.05, 0) is 29.3 Å². The Balaban J connectivity index is 1.73. The molecule has 2 heterocycles. The molecule has 0 saturated carbocycles. The molecule has 0 saturated heterocycles. The number of carbonyl (C=O) groups excluding carboxylic acids is 1. The molecule has 1 amide bonds. The van der Waals surface area contributed by atoms with Crippen molar-refractivity contribution in [1.82, 2.24) is 9.55 Å². The lowest BCUT2D eigenvalue weighted by atomic mass is 9.86. The van der Waals surface area contributed by atoms with E-state index in [1.165, 1.54) is 24.9 Å². The van der Waals surface area contributed by atoms with Gasteiger partial charge in [0.05, 0.1) is 12.7 Å². The van der Waals surface area contributed by atoms with Gasteiger partial charge >= 0.3 is 0 Å². The van der Waals surface area contributed by atoms with Crippen molar-refractivity contribution in [2.75, 3.05) is 12.4 Å². The van der Waals surface area contributed by atoms with Crippen LogP contribution in [0.25, 0.3) is 0 Å². The van der Waals surface area contributed by atoms with Gasteiger partial charge in [0.15, 0.2) is 16.7 Å². The normalized spacial score (nSPS) is 15.3. The lowest BCUT2D eigenvalue weighted by molar-refractivity contribution is -0.116. The summed E-state index contributed by atoms with van der Waals surface area (Å²) in [4.78, 5) is 29.7. The SMILES string of the molecule is COc1ccc(C2CC(=O)Nc3c2c(=O)nc(SCc2ccccc2Cl)n3C)cc1O. The van der Waals surface area contributed by atoms with Crippen molar-refractivity contribution in [3.8, 4) is 11.5 Å². The number of benzene rings is 2. The molecule has 1 unspecified atom stereocenters. The van der Waals surface area contributed by atoms with Crippen LogP contribution < -0.4 is 15.6 Å². The van der Waals surface area contributed by atoms with Gasteiger partial charge in [-0.3, -0.25) is 9.59 Å². The number of amides is 1. The standard InChI is InChI=1S/C22H20ClN3O4S/c1-26-20-19(21(29)25-22(26)31-11-13-5-3-4-6-15(13)23)14(10-18(28)24-20)12-7-8-17(30-2)16(27)9-12/h3-9,14,27H,10-11H2,1-2H3,(H,24,28). The van der Waals surface area contributed by atoms with Gasteiger partial charge in [-0.15, -0.1) is 0 Å². The molecule has 0 radical (unpaired) electrons. The molecule has 0 fully saturated rings. The van der Waals surface area contributed by atoms with E-state index >= 15 is 0 Å². The molecule has 0 aliphatic carbocycles. The zero-order valence-corrected chi connectivity index (χ0v) is 18.5. The Kier molecular flexibility index (Phi) is 5.93. The van der Waals surface area contributed by atoms with E-state index in [2.05, 4.69) is 10.3 Å². The first-order valence-corrected chi connectivity index (χ1v) is 10.9. The van der Waals surface area contributed by atoms with Crippen LogP contribution in [0.2, 0.25) is 5.02 Å². The second-order valence-electron chi connectivity index (χ2n) is 7.14. The number of nitrogens with one attached hydrogen (secondary N) is 1. The molecule has 3 aromatic rings. The van der Waals surface area contributed by atoms with Crippen molar-refractivity contribution in [1.29, 1.82) is 0 Å². The van der Waals surface area contributed by atoms with E-state index in [1.54, 1.807) is 23.7 Å². The molecule has 160 valence electrons. The van der Waals surface area contributed by atoms with Gasteiger partial charge in [-0.25, -0.2) is 0 Å². The predicted molar refractivity (Wildman–Crippen MR) is 120 cm³/mol. The Hall–Kier alpha value is -2.97. The molecule has 0 bridgehead atoms. The number of phenolic OH excluding ortho intramolecular Hbond substituents is 1. The summed E-state index contributed by atoms with van der Waals surface area (Å²) in [7, 11) is 3.22. The second kappa shape index (κ2) is 8.64. The number of methoxy groups -OCH3 is 1. The first-order chi connectivity index (χ1) is 14.9. The molecule has 2 N–H and O–H groups in total. The third kappa shape index (κ3) is 4.13. The number of hydrogen-bond donors (Lipinski definition) is 2. The van der Waals surface area contributed by atoms with Gasteiger partial charge in [0.2, 0.25) is 5.91 Å². The highest BCUT2D eigenvalue weighted by Gasteiger charge is 2.32. The van der Waals surface area contributed by atoms with Crippen LogP contribution in [0.1, 0.15) is 29.0 Å². The van der Waals surface area contributed by atoms with Crippen LogP contribution in [0.5, 0.6) is 11.5 Å². The summed E-state index contributed by atoms with van der Waals surface area (Å²) in [6.07, 6.45) is 0.0851. The van der Waals surface area contributed by atoms with Gasteiger partial charge in [0.25, 0.3) is 5.56 Å². The maximum absolute atomic E-state index is 13.0. The van der Waals surface area contributed by atoms with E-state index in [9.17, 15) is 14.7 Å². The van der Waals surface area contributed by atoms with E-state index in [0.29, 0.717) is 38.6 Å². The minimum absolute atomic E-state index is 0.0516. The number of thioether (sulfide) groups is 1. The largest absolute Gasteiger partial charge is 0.504 e. The second-order valence-corrected chi connectivity index (χ2v) is 8.49. The fourth-order valence-electron chi connectivity index (χ4n) is 3.63. The number of phenols is 1. The summed E-state index contributed by atoms with van der Waals surface area (Å²) in [5, 5.41) is 14.1. The van der Waals surface area contributed by atoms with E-state index in [4.69, 9.17) is 16.3 Å². The molecule has 4 rings (SSSR count). The highest BCUT2D eigenvalue weighted by atomic mass is 35.5. The maximum Gasteiger partial charge on any atom is 0.279 e. The summed E-state index contributed by atoms with van der Waals surface area (Å²) in [5.74, 6) is 0.483. The molecule has 7 nitrogen and oxygen atoms in total. The predicted octanol–water partition coefficient (Wildman–Crippen LogP) is 3.91. The zero-order chi connectivity index (χ0) is 22.1. The third-order valence-electron chi connectivity index (χ3n) is 5.22. The lowest BCUT2D eigenvalue weighted by Crippen LogP contribution is -2.33. The van der Waals surface area contributed by atoms with Gasteiger partial charge in [0.1, 0.15) is 5.82 Å². The molecule has 0 spiro atoms. The van der Waals surface area contributed by atoms with Gasteiger partial charge in [-0.1, -0.05) is 47.6 Å². The quantitative estimate of drug-likeness (QED) is 0.445. The number of ether oxygens (including phenoxy) is 1. The highest BCUT2D eigenvalue weighted by Crippen LogP contribution is 2.39. The number of carbonyl (C=O) groups is 1. The van der Waals surface area contributed by atoms with Crippen LogP contribution in [0.15, 0.2) is 52.4 Å². The Morgan fingerprint density at radius 3 is 2.77 bits per heavy atom. The van der Waals surface area contributed by atoms with Crippen LogP contribution in [0.3, 0.4) is 0 Å². The van der Waals surface area contributed by atoms with Crippen LogP contribution in [-0.2, 0) is 17.6 Å². The average Bonchev–Trinajstić information content (AvgIpc) is 2.75. The number of aromatic nitrogens is 2. The number of fused-ring (bicyclic) bond motifs is 1. The number of anilines is 1. The molecule has 31 heavy (non-hydrogen) atoms. The van der Waals surface area contributed by atoms with E-state index in [1.807, 2.05) is 24.3 Å². The molecule has 1 aliphatic heterocycles. The topological polar surface area (TPSA) is 93.5 Å². The van der Waals surface area contributed by atoms with Crippen molar-refractivity contribution in [3.05, 3.63) is 74.5 Å². The highest BCUT2D eigenvalue weighted by molar-refractivity contribution is 7.98. The van der Waals surface area contributed by atoms with Crippen LogP contribution in [-0.4, -0.2) is 27.7 Å². The molecular weight excluding hydrogens is 438 g/mol. The zero-order valence-electron chi connectivity index (χ0n) is 16.9. The van der Waals surface area contributed by atoms with Crippen LogP contribution >= 0.6 is 23.4 Å². The number of aromatic hydroxyl groups is 1. The van der Waals surface area contributed by atoms with Crippen molar-refractivity contribution < 1.29 is 14.6 Å². The first-order valence-electron chi connectivity index (χ1n) is 9.53. The van der Waals surface area contributed by atoms with E-state index in [0.717, 1.165) is 5.56 Å². The smallest absolute Gasteiger partial charge is 0.279 e. The summed E-state index contributed by atoms with van der Waals surface area (Å²) in [6, 6.07) is 12.4. The van der Waals surface area contributed by atoms with Gasteiger partial charge in [-0.2, -0.15) is 4.98 Å². The van der Waals surface area contributed by atoms with Crippen LogP contribution in [0.4, 0.5) is 5.82 Å². The van der Waals surface area contributed by atoms with Crippen LogP contribution in [0, 0.1) is 0 Å². The number of nitrogens with zero attached hydrogens (tertiary/aromatic N) is 2. The average molecular weight is 458 g/mol. The lowest BCUT2D eigenvalue weighted by Gasteiger charge is -2.27. The fourth-order valence-corrected chi connectivity index (χ4v) is 4.88. The third-order valence-corrected chi connectivity index (χ3v) is 6.67. The fraction of sp³-hybridized carbons (Fsp3) is 0.227. The molecular formula is C22H20ClN3O4S. The van der Waals surface area contributed by atoms with Gasteiger partial charge in [0, 0.05) is 30.2 Å². The summed E-state index contributed by atoms with van der Waals surface area (Å²) in [6.45, 7) is 0. The number of rotatable bonds is 5. The summed E-state index contributed by atoms with van der Waals surface area (Å²) in [5.41, 5.74) is 1.56. The molecule has 1 atom stereocenters. The summed E-state index contributed by atoms with van der Waals surface area (Å²) < 4.78 is 6.80. The van der Waals surface area contributed by atoms with Crippen molar-refractivity contribution >= 4 is 35.1 Å². The van der Waals surface area contributed by atoms with Gasteiger partial charge < -0.3 is 19.7 Å². The Morgan fingerprint density at radius 2 is 2.06 bits per heavy atom. The summed E-state index contributed by atoms with van der Waals surface area (Å²) >= 11 is 7.60. The maximum atomic E-state index is 13.0. The van der Waals surface area contributed by atoms with E-state index in [-0.39, 0.29) is 18.1 Å². The number of halogens is 1. The van der Waals surface area contributed by atoms with E-state index < -0.39 is 11.5 Å². The Bertz CT molecular complexity index is 1230. The van der Waals surface area contributed by atoms with Crippen molar-refractivity contribution in [2.45, 2.75) is 23.2 Å². The minimum Gasteiger partial charge on any atom is -0.504 e. The molecule has 2 aromatic carbocycles. The Labute approximate surface area is 188 Å². The first kappa shape index (κ1) is 21.3. The Morgan fingerprint density at radius 1 is 1.29 bits per heavy atom. The number of hydrogen-bond acceptors (Lipinski definition) is 6. The molecule has 1 aliphatic rings. The molecule has 1 aromatic heterocycles. The minimum atomic E-state index is -0.519.